The van der Waals surface area contributed by atoms with E-state index in [9.17, 15) is 4.79 Å². The molecule has 1 aromatic carbocycles. The number of nitrogens with one attached hydrogen (secondary N) is 1. The minimum atomic E-state index is -0.0230. The van der Waals surface area contributed by atoms with Crippen molar-refractivity contribution < 1.29 is 4.79 Å². The number of hydrogen-bond acceptors (Lipinski definition) is 5. The van der Waals surface area contributed by atoms with Crippen LogP contribution in [0.15, 0.2) is 60.8 Å². The van der Waals surface area contributed by atoms with E-state index in [4.69, 9.17) is 0 Å². The van der Waals surface area contributed by atoms with Gasteiger partial charge < -0.3 is 15.1 Å². The zero-order valence-corrected chi connectivity index (χ0v) is 19.8. The molecule has 1 N–H and O–H groups in total. The van der Waals surface area contributed by atoms with Crippen molar-refractivity contribution in [3.63, 3.8) is 0 Å². The molecular formula is C26H30N4OS. The molecule has 6 heteroatoms. The third-order valence-electron chi connectivity index (χ3n) is 5.55. The Morgan fingerprint density at radius 2 is 1.88 bits per heavy atom. The average Bonchev–Trinajstić information content (AvgIpc) is 3.24. The minimum absolute atomic E-state index is 0.0230. The van der Waals surface area contributed by atoms with Crippen molar-refractivity contribution in [3.8, 4) is 10.4 Å². The van der Waals surface area contributed by atoms with E-state index in [1.165, 1.54) is 16.7 Å². The quantitative estimate of drug-likeness (QED) is 0.568. The third-order valence-corrected chi connectivity index (χ3v) is 6.60. The lowest BCUT2D eigenvalue weighted by atomic mass is 9.98. The van der Waals surface area contributed by atoms with Crippen LogP contribution in [0.4, 0.5) is 5.00 Å². The van der Waals surface area contributed by atoms with Crippen LogP contribution in [0.5, 0.6) is 0 Å². The molecule has 0 atom stereocenters. The second-order valence-corrected chi connectivity index (χ2v) is 9.69. The van der Waals surface area contributed by atoms with E-state index in [0.29, 0.717) is 6.42 Å². The fourth-order valence-electron chi connectivity index (χ4n) is 3.79. The van der Waals surface area contributed by atoms with Gasteiger partial charge in [-0.1, -0.05) is 36.4 Å². The largest absolute Gasteiger partial charge is 0.317 e. The van der Waals surface area contributed by atoms with Crippen molar-refractivity contribution in [2.24, 2.45) is 0 Å². The number of anilines is 1. The van der Waals surface area contributed by atoms with Gasteiger partial charge in [-0.15, -0.1) is 11.3 Å². The molecule has 1 amide bonds. The summed E-state index contributed by atoms with van der Waals surface area (Å²) in [4.78, 5) is 22.5. The Hall–Kier alpha value is -2.80. The van der Waals surface area contributed by atoms with Crippen molar-refractivity contribution >= 4 is 27.8 Å². The van der Waals surface area contributed by atoms with Gasteiger partial charge in [0.2, 0.25) is 5.91 Å². The van der Waals surface area contributed by atoms with Gasteiger partial charge >= 0.3 is 0 Å². The summed E-state index contributed by atoms with van der Waals surface area (Å²) in [5.74, 6) is -0.0230. The molecule has 0 saturated heterocycles. The molecule has 0 aliphatic carbocycles. The second-order valence-electron chi connectivity index (χ2n) is 8.60. The van der Waals surface area contributed by atoms with Gasteiger partial charge in [-0.05, 0) is 68.0 Å². The van der Waals surface area contributed by atoms with Gasteiger partial charge in [0.15, 0.2) is 0 Å². The zero-order chi connectivity index (χ0) is 22.5. The van der Waals surface area contributed by atoms with Crippen LogP contribution < -0.4 is 5.32 Å². The number of hydrogen-bond donors (Lipinski definition) is 1. The first-order chi connectivity index (χ1) is 15.5. The SMILES string of the molecule is CN(C)Cc1ccc(CC(=O)Nc2ccc(-c3ccc(C4=CCN(C)CC4)cc3)s2)cn1. The molecule has 0 unspecified atom stereocenters. The summed E-state index contributed by atoms with van der Waals surface area (Å²) in [5, 5.41) is 3.89. The van der Waals surface area contributed by atoms with Gasteiger partial charge in [-0.25, -0.2) is 0 Å². The number of thiophene rings is 1. The molecule has 0 radical (unpaired) electrons. The summed E-state index contributed by atoms with van der Waals surface area (Å²) < 4.78 is 0. The lowest BCUT2D eigenvalue weighted by Gasteiger charge is -2.22. The van der Waals surface area contributed by atoms with E-state index in [0.717, 1.165) is 47.2 Å². The molecule has 0 spiro atoms. The Morgan fingerprint density at radius 1 is 1.09 bits per heavy atom. The first kappa shape index (κ1) is 22.4. The van der Waals surface area contributed by atoms with E-state index in [2.05, 4.69) is 63.6 Å². The van der Waals surface area contributed by atoms with Crippen LogP contribution in [0.2, 0.25) is 0 Å². The van der Waals surface area contributed by atoms with Gasteiger partial charge in [0, 0.05) is 30.7 Å². The second kappa shape index (κ2) is 10.2. The van der Waals surface area contributed by atoms with E-state index in [1.807, 2.05) is 32.3 Å². The van der Waals surface area contributed by atoms with Crippen LogP contribution in [0, 0.1) is 0 Å². The standard InChI is InChI=1S/C26H30N4OS/c1-29(2)18-23-9-4-19(17-27-23)16-25(31)28-26-11-10-24(32-26)22-7-5-20(6-8-22)21-12-14-30(3)15-13-21/h4-12,17H,13-16,18H2,1-3H3,(H,28,31). The minimum Gasteiger partial charge on any atom is -0.317 e. The molecule has 5 nitrogen and oxygen atoms in total. The van der Waals surface area contributed by atoms with Gasteiger partial charge in [-0.2, -0.15) is 0 Å². The lowest BCUT2D eigenvalue weighted by Crippen LogP contribution is -2.23. The van der Waals surface area contributed by atoms with Crippen molar-refractivity contribution in [1.82, 2.24) is 14.8 Å². The highest BCUT2D eigenvalue weighted by molar-refractivity contribution is 7.19. The summed E-state index contributed by atoms with van der Waals surface area (Å²) >= 11 is 1.60. The van der Waals surface area contributed by atoms with Crippen molar-refractivity contribution in [2.75, 3.05) is 39.5 Å². The smallest absolute Gasteiger partial charge is 0.229 e. The highest BCUT2D eigenvalue weighted by atomic mass is 32.1. The molecule has 0 bridgehead atoms. The maximum absolute atomic E-state index is 12.5. The number of benzene rings is 1. The molecule has 2 aromatic heterocycles. The number of aromatic nitrogens is 1. The number of amides is 1. The van der Waals surface area contributed by atoms with Gasteiger partial charge in [0.25, 0.3) is 0 Å². The normalized spacial score (nSPS) is 14.4. The number of nitrogens with zero attached hydrogens (tertiary/aromatic N) is 3. The topological polar surface area (TPSA) is 48.5 Å². The monoisotopic (exact) mass is 446 g/mol. The summed E-state index contributed by atoms with van der Waals surface area (Å²) in [5.41, 5.74) is 5.82. The molecule has 3 heterocycles. The van der Waals surface area contributed by atoms with Crippen molar-refractivity contribution in [3.05, 3.63) is 77.6 Å². The van der Waals surface area contributed by atoms with E-state index in [1.54, 1.807) is 17.5 Å². The van der Waals surface area contributed by atoms with E-state index < -0.39 is 0 Å². The fraction of sp³-hybridized carbons (Fsp3) is 0.308. The van der Waals surface area contributed by atoms with Crippen LogP contribution in [0.25, 0.3) is 16.0 Å². The molecule has 0 fully saturated rings. The van der Waals surface area contributed by atoms with Crippen LogP contribution in [0.3, 0.4) is 0 Å². The number of likely N-dealkylation sites (N-methyl/N-ethyl adjacent to an activating group) is 1. The summed E-state index contributed by atoms with van der Waals surface area (Å²) in [6.45, 7) is 2.92. The zero-order valence-electron chi connectivity index (χ0n) is 19.0. The maximum Gasteiger partial charge on any atom is 0.229 e. The molecular weight excluding hydrogens is 416 g/mol. The number of rotatable bonds is 7. The number of pyridine rings is 1. The Labute approximate surface area is 194 Å². The fourth-order valence-corrected chi connectivity index (χ4v) is 4.71. The van der Waals surface area contributed by atoms with E-state index >= 15 is 0 Å². The highest BCUT2D eigenvalue weighted by Crippen LogP contribution is 2.33. The summed E-state index contributed by atoms with van der Waals surface area (Å²) in [6.07, 6.45) is 5.53. The predicted molar refractivity (Wildman–Crippen MR) is 134 cm³/mol. The average molecular weight is 447 g/mol. The molecule has 3 aromatic rings. The third kappa shape index (κ3) is 5.91. The van der Waals surface area contributed by atoms with Crippen LogP contribution >= 0.6 is 11.3 Å². The molecule has 1 aliphatic heterocycles. The van der Waals surface area contributed by atoms with E-state index in [-0.39, 0.29) is 5.91 Å². The Morgan fingerprint density at radius 3 is 2.53 bits per heavy atom. The first-order valence-electron chi connectivity index (χ1n) is 10.9. The number of carbonyl (C=O) groups is 1. The highest BCUT2D eigenvalue weighted by Gasteiger charge is 2.11. The first-order valence-corrected chi connectivity index (χ1v) is 11.7. The maximum atomic E-state index is 12.5. The van der Waals surface area contributed by atoms with Crippen LogP contribution in [-0.2, 0) is 17.8 Å². The molecule has 166 valence electrons. The predicted octanol–water partition coefficient (Wildman–Crippen LogP) is 4.77. The van der Waals surface area contributed by atoms with Crippen molar-refractivity contribution in [2.45, 2.75) is 19.4 Å². The number of carbonyl (C=O) groups excluding carboxylic acids is 1. The Bertz CT molecular complexity index is 1080. The van der Waals surface area contributed by atoms with Crippen LogP contribution in [-0.4, -0.2) is 54.9 Å². The van der Waals surface area contributed by atoms with Gasteiger partial charge in [0.1, 0.15) is 0 Å². The van der Waals surface area contributed by atoms with Crippen molar-refractivity contribution in [1.29, 1.82) is 0 Å². The van der Waals surface area contributed by atoms with Gasteiger partial charge in [0.05, 0.1) is 17.1 Å². The Balaban J connectivity index is 1.35. The summed E-state index contributed by atoms with van der Waals surface area (Å²) in [6, 6.07) is 16.8. The lowest BCUT2D eigenvalue weighted by molar-refractivity contribution is -0.115. The molecule has 0 saturated carbocycles. The molecule has 32 heavy (non-hydrogen) atoms. The van der Waals surface area contributed by atoms with Gasteiger partial charge in [-0.3, -0.25) is 9.78 Å². The molecule has 4 rings (SSSR count). The molecule has 1 aliphatic rings. The Kier molecular flexibility index (Phi) is 7.15. The van der Waals surface area contributed by atoms with Crippen LogP contribution in [0.1, 0.15) is 23.2 Å². The summed E-state index contributed by atoms with van der Waals surface area (Å²) in [7, 11) is 6.18.